The van der Waals surface area contributed by atoms with Gasteiger partial charge in [-0.2, -0.15) is 0 Å². The number of rotatable bonds is 3. The molecule has 0 aliphatic carbocycles. The van der Waals surface area contributed by atoms with Gasteiger partial charge in [0.25, 0.3) is 0 Å². The van der Waals surface area contributed by atoms with Gasteiger partial charge in [0.2, 0.25) is 0 Å². The van der Waals surface area contributed by atoms with Crippen molar-refractivity contribution in [2.24, 2.45) is 17.8 Å². The smallest absolute Gasteiger partial charge is 0.00127 e. The van der Waals surface area contributed by atoms with Gasteiger partial charge in [-0.15, -0.1) is 0 Å². The molecule has 0 bridgehead atoms. The van der Waals surface area contributed by atoms with E-state index in [-0.39, 0.29) is 0 Å². The first-order valence-electron chi connectivity index (χ1n) is 5.32. The lowest BCUT2D eigenvalue weighted by Gasteiger charge is -2.19. The molecule has 0 N–H and O–H groups in total. The van der Waals surface area contributed by atoms with Crippen LogP contribution in [0.5, 0.6) is 0 Å². The highest BCUT2D eigenvalue weighted by Crippen LogP contribution is 2.23. The number of hydrogen-bond donors (Lipinski definition) is 0. The Hall–Kier alpha value is -0.0400. The Labute approximate surface area is 77.1 Å². The monoisotopic (exact) mass is 169 g/mol. The van der Waals surface area contributed by atoms with Crippen LogP contribution in [0.15, 0.2) is 0 Å². The predicted molar refractivity (Wildman–Crippen MR) is 54.2 cm³/mol. The van der Waals surface area contributed by atoms with Crippen molar-refractivity contribution in [2.75, 3.05) is 19.6 Å². The highest BCUT2D eigenvalue weighted by molar-refractivity contribution is 4.77. The lowest BCUT2D eigenvalue weighted by Crippen LogP contribution is -2.26. The Kier molecular flexibility index (Phi) is 3.57. The Morgan fingerprint density at radius 1 is 1.25 bits per heavy atom. The lowest BCUT2D eigenvalue weighted by molar-refractivity contribution is 0.273. The van der Waals surface area contributed by atoms with E-state index in [1.807, 2.05) is 0 Å². The minimum Gasteiger partial charge on any atom is -0.303 e. The van der Waals surface area contributed by atoms with Crippen LogP contribution in [0.1, 0.15) is 34.1 Å². The van der Waals surface area contributed by atoms with Gasteiger partial charge in [0.05, 0.1) is 0 Å². The Morgan fingerprint density at radius 2 is 1.92 bits per heavy atom. The molecular formula is C11H23N. The molecule has 1 rings (SSSR count). The molecule has 0 radical (unpaired) electrons. The summed E-state index contributed by atoms with van der Waals surface area (Å²) < 4.78 is 0. The van der Waals surface area contributed by atoms with Crippen LogP contribution in [0.3, 0.4) is 0 Å². The van der Waals surface area contributed by atoms with Crippen molar-refractivity contribution in [1.82, 2.24) is 4.90 Å². The van der Waals surface area contributed by atoms with Gasteiger partial charge in [-0.1, -0.05) is 27.7 Å². The molecule has 0 aromatic carbocycles. The largest absolute Gasteiger partial charge is 0.303 e. The van der Waals surface area contributed by atoms with E-state index in [9.17, 15) is 0 Å². The van der Waals surface area contributed by atoms with Crippen molar-refractivity contribution in [1.29, 1.82) is 0 Å². The molecule has 0 unspecified atom stereocenters. The molecule has 1 saturated heterocycles. The molecule has 0 aromatic rings. The highest BCUT2D eigenvalue weighted by Gasteiger charge is 2.24. The van der Waals surface area contributed by atoms with Crippen molar-refractivity contribution in [2.45, 2.75) is 34.1 Å². The van der Waals surface area contributed by atoms with E-state index in [2.05, 4.69) is 32.6 Å². The van der Waals surface area contributed by atoms with E-state index in [0.29, 0.717) is 0 Å². The summed E-state index contributed by atoms with van der Waals surface area (Å²) in [7, 11) is 0. The van der Waals surface area contributed by atoms with E-state index in [1.54, 1.807) is 0 Å². The fraction of sp³-hybridized carbons (Fsp3) is 1.00. The summed E-state index contributed by atoms with van der Waals surface area (Å²) in [5, 5.41) is 0. The number of likely N-dealkylation sites (tertiary alicyclic amines) is 1. The standard InChI is InChI=1S/C11H23N/c1-9(2)7-12-6-5-11(8-12)10(3)4/h9-11H,5-8H2,1-4H3/t11-/m0/s1. The van der Waals surface area contributed by atoms with Crippen molar-refractivity contribution in [3.63, 3.8) is 0 Å². The summed E-state index contributed by atoms with van der Waals surface area (Å²) in [6.45, 7) is 13.3. The third-order valence-corrected chi connectivity index (χ3v) is 2.87. The SMILES string of the molecule is CC(C)CN1CC[C@H](C(C)C)C1. The molecule has 1 heteroatoms. The maximum atomic E-state index is 2.62. The second kappa shape index (κ2) is 4.27. The number of nitrogens with zero attached hydrogens (tertiary/aromatic N) is 1. The summed E-state index contributed by atoms with van der Waals surface area (Å²) in [5.41, 5.74) is 0. The van der Waals surface area contributed by atoms with Crippen molar-refractivity contribution >= 4 is 0 Å². The fourth-order valence-corrected chi connectivity index (χ4v) is 2.09. The van der Waals surface area contributed by atoms with Crippen molar-refractivity contribution < 1.29 is 0 Å². The molecular weight excluding hydrogens is 146 g/mol. The Balaban J connectivity index is 2.26. The average molecular weight is 169 g/mol. The van der Waals surface area contributed by atoms with E-state index < -0.39 is 0 Å². The van der Waals surface area contributed by atoms with Crippen LogP contribution in [0.25, 0.3) is 0 Å². The topological polar surface area (TPSA) is 3.24 Å². The number of hydrogen-bond acceptors (Lipinski definition) is 1. The Bertz CT molecular complexity index is 129. The first-order valence-corrected chi connectivity index (χ1v) is 5.32. The van der Waals surface area contributed by atoms with Gasteiger partial charge in [-0.25, -0.2) is 0 Å². The van der Waals surface area contributed by atoms with Crippen LogP contribution >= 0.6 is 0 Å². The van der Waals surface area contributed by atoms with Crippen molar-refractivity contribution in [3.05, 3.63) is 0 Å². The molecule has 0 saturated carbocycles. The molecule has 1 fully saturated rings. The molecule has 12 heavy (non-hydrogen) atoms. The molecule has 1 heterocycles. The third-order valence-electron chi connectivity index (χ3n) is 2.87. The molecule has 1 aliphatic heterocycles. The summed E-state index contributed by atoms with van der Waals surface area (Å²) in [5.74, 6) is 2.67. The molecule has 1 nitrogen and oxygen atoms in total. The second-order valence-electron chi connectivity index (χ2n) is 4.95. The predicted octanol–water partition coefficient (Wildman–Crippen LogP) is 2.62. The quantitative estimate of drug-likeness (QED) is 0.628. The molecule has 0 aromatic heterocycles. The van der Waals surface area contributed by atoms with E-state index >= 15 is 0 Å². The molecule has 72 valence electrons. The highest BCUT2D eigenvalue weighted by atomic mass is 15.1. The van der Waals surface area contributed by atoms with Crippen molar-refractivity contribution in [3.8, 4) is 0 Å². The minimum atomic E-state index is 0.830. The lowest BCUT2D eigenvalue weighted by atomic mass is 9.95. The minimum absolute atomic E-state index is 0.830. The zero-order valence-corrected chi connectivity index (χ0v) is 9.01. The van der Waals surface area contributed by atoms with Crippen LogP contribution in [-0.2, 0) is 0 Å². The molecule has 0 spiro atoms. The van der Waals surface area contributed by atoms with Gasteiger partial charge in [0, 0.05) is 13.1 Å². The first kappa shape index (κ1) is 10.0. The first-order chi connectivity index (χ1) is 5.59. The third kappa shape index (κ3) is 2.78. The molecule has 1 aliphatic rings. The van der Waals surface area contributed by atoms with E-state index in [0.717, 1.165) is 17.8 Å². The van der Waals surface area contributed by atoms with Crippen LogP contribution in [0.4, 0.5) is 0 Å². The van der Waals surface area contributed by atoms with Crippen LogP contribution < -0.4 is 0 Å². The normalized spacial score (nSPS) is 26.0. The summed E-state index contributed by atoms with van der Waals surface area (Å²) >= 11 is 0. The molecule has 1 atom stereocenters. The second-order valence-corrected chi connectivity index (χ2v) is 4.95. The molecule has 0 amide bonds. The van der Waals surface area contributed by atoms with Gasteiger partial charge in [0.15, 0.2) is 0 Å². The fourth-order valence-electron chi connectivity index (χ4n) is 2.09. The average Bonchev–Trinajstić information content (AvgIpc) is 2.34. The van der Waals surface area contributed by atoms with Crippen LogP contribution in [0.2, 0.25) is 0 Å². The van der Waals surface area contributed by atoms with E-state index in [4.69, 9.17) is 0 Å². The summed E-state index contributed by atoms with van der Waals surface area (Å²) in [4.78, 5) is 2.62. The Morgan fingerprint density at radius 3 is 2.33 bits per heavy atom. The van der Waals surface area contributed by atoms with Crippen LogP contribution in [0, 0.1) is 17.8 Å². The maximum absolute atomic E-state index is 2.62. The van der Waals surface area contributed by atoms with Gasteiger partial charge in [-0.3, -0.25) is 0 Å². The zero-order chi connectivity index (χ0) is 9.14. The van der Waals surface area contributed by atoms with Crippen LogP contribution in [-0.4, -0.2) is 24.5 Å². The maximum Gasteiger partial charge on any atom is 0.00127 e. The zero-order valence-electron chi connectivity index (χ0n) is 9.01. The van der Waals surface area contributed by atoms with E-state index in [1.165, 1.54) is 26.1 Å². The van der Waals surface area contributed by atoms with Gasteiger partial charge in [-0.05, 0) is 30.7 Å². The summed E-state index contributed by atoms with van der Waals surface area (Å²) in [6, 6.07) is 0. The van der Waals surface area contributed by atoms with Gasteiger partial charge in [0.1, 0.15) is 0 Å². The van der Waals surface area contributed by atoms with Gasteiger partial charge >= 0.3 is 0 Å². The summed E-state index contributed by atoms with van der Waals surface area (Å²) in [6.07, 6.45) is 1.42. The van der Waals surface area contributed by atoms with Gasteiger partial charge < -0.3 is 4.90 Å².